The molecule has 0 unspecified atom stereocenters. The second kappa shape index (κ2) is 5.14. The molecule has 2 fully saturated rings. The highest BCUT2D eigenvalue weighted by Crippen LogP contribution is 2.42. The molecule has 0 aliphatic carbocycles. The average Bonchev–Trinajstić information content (AvgIpc) is 3.04. The number of carbonyl (C=O) groups excluding carboxylic acids is 1. The Hall–Kier alpha value is -1.47. The van der Waals surface area contributed by atoms with Crippen LogP contribution >= 0.6 is 0 Å². The first kappa shape index (κ1) is 13.5. The number of amides is 1. The van der Waals surface area contributed by atoms with Crippen molar-refractivity contribution in [1.82, 2.24) is 15.0 Å². The maximum Gasteiger partial charge on any atom is 0.248 e. The smallest absolute Gasteiger partial charge is 0.248 e. The minimum atomic E-state index is -0.358. The van der Waals surface area contributed by atoms with Crippen LogP contribution in [-0.4, -0.2) is 60.5 Å². The number of carbonyl (C=O) groups is 1. The summed E-state index contributed by atoms with van der Waals surface area (Å²) in [5.41, 5.74) is -0.358. The van der Waals surface area contributed by atoms with Crippen molar-refractivity contribution in [3.63, 3.8) is 0 Å². The minimum absolute atomic E-state index is 0.00605. The average molecular weight is 281 g/mol. The van der Waals surface area contributed by atoms with E-state index in [9.17, 15) is 4.79 Å². The van der Waals surface area contributed by atoms with E-state index in [1.54, 1.807) is 6.92 Å². The molecule has 1 aromatic heterocycles. The zero-order chi connectivity index (χ0) is 14.2. The number of hydrogen-bond donors (Lipinski definition) is 0. The second-order valence-corrected chi connectivity index (χ2v) is 5.45. The molecule has 0 spiro atoms. The van der Waals surface area contributed by atoms with Crippen LogP contribution in [0.5, 0.6) is 0 Å². The lowest BCUT2D eigenvalue weighted by Crippen LogP contribution is -2.54. The standard InChI is InChI=1S/C13H19N3O4/c1-9-14-12(20-15-9)13-4-6-19-10(13)3-5-16(8-13)11(17)7-18-2/h10H,3-8H2,1-2H3/t10-,13-/m0/s1. The van der Waals surface area contributed by atoms with E-state index in [1.807, 2.05) is 4.90 Å². The van der Waals surface area contributed by atoms with E-state index in [0.717, 1.165) is 12.8 Å². The first-order chi connectivity index (χ1) is 9.65. The molecule has 0 bridgehead atoms. The summed E-state index contributed by atoms with van der Waals surface area (Å²) in [7, 11) is 1.53. The normalized spacial score (nSPS) is 29.5. The largest absolute Gasteiger partial charge is 0.377 e. The maximum atomic E-state index is 12.1. The third-order valence-corrected chi connectivity index (χ3v) is 4.19. The SMILES string of the molecule is COCC(=O)N1CC[C@@H]2OCC[C@]2(c2nc(C)no2)C1. The Morgan fingerprint density at radius 3 is 3.15 bits per heavy atom. The van der Waals surface area contributed by atoms with Crippen molar-refractivity contribution in [2.24, 2.45) is 0 Å². The number of aryl methyl sites for hydroxylation is 1. The predicted molar refractivity (Wildman–Crippen MR) is 68.1 cm³/mol. The number of hydrogen-bond acceptors (Lipinski definition) is 6. The van der Waals surface area contributed by atoms with Crippen molar-refractivity contribution in [2.75, 3.05) is 33.4 Å². The van der Waals surface area contributed by atoms with Gasteiger partial charge in [0, 0.05) is 26.8 Å². The van der Waals surface area contributed by atoms with Gasteiger partial charge in [-0.3, -0.25) is 4.79 Å². The third-order valence-electron chi connectivity index (χ3n) is 4.19. The molecule has 1 amide bonds. The minimum Gasteiger partial charge on any atom is -0.377 e. The summed E-state index contributed by atoms with van der Waals surface area (Å²) in [5, 5.41) is 3.88. The number of methoxy groups -OCH3 is 1. The molecule has 20 heavy (non-hydrogen) atoms. The Morgan fingerprint density at radius 2 is 2.45 bits per heavy atom. The van der Waals surface area contributed by atoms with Gasteiger partial charge in [-0.2, -0.15) is 4.98 Å². The van der Waals surface area contributed by atoms with Gasteiger partial charge in [0.05, 0.1) is 11.5 Å². The molecule has 7 heteroatoms. The van der Waals surface area contributed by atoms with Crippen LogP contribution in [0.2, 0.25) is 0 Å². The number of rotatable bonds is 3. The molecule has 1 aromatic rings. The van der Waals surface area contributed by atoms with Gasteiger partial charge < -0.3 is 18.9 Å². The molecule has 0 radical (unpaired) electrons. The lowest BCUT2D eigenvalue weighted by molar-refractivity contribution is -0.139. The number of ether oxygens (including phenoxy) is 2. The van der Waals surface area contributed by atoms with E-state index in [1.165, 1.54) is 7.11 Å². The van der Waals surface area contributed by atoms with Gasteiger partial charge in [0.25, 0.3) is 0 Å². The molecule has 0 aromatic carbocycles. The zero-order valence-electron chi connectivity index (χ0n) is 11.8. The molecule has 3 rings (SSSR count). The van der Waals surface area contributed by atoms with Crippen LogP contribution in [0.15, 0.2) is 4.52 Å². The van der Waals surface area contributed by atoms with E-state index in [-0.39, 0.29) is 24.0 Å². The van der Waals surface area contributed by atoms with Crippen molar-refractivity contribution in [3.05, 3.63) is 11.7 Å². The van der Waals surface area contributed by atoms with Gasteiger partial charge in [0.15, 0.2) is 5.82 Å². The van der Waals surface area contributed by atoms with E-state index in [2.05, 4.69) is 10.1 Å². The molecule has 2 atom stereocenters. The Labute approximate surface area is 117 Å². The summed E-state index contributed by atoms with van der Waals surface area (Å²) in [5.74, 6) is 1.20. The summed E-state index contributed by atoms with van der Waals surface area (Å²) in [6.45, 7) is 3.80. The zero-order valence-corrected chi connectivity index (χ0v) is 11.8. The van der Waals surface area contributed by atoms with Gasteiger partial charge in [-0.25, -0.2) is 0 Å². The van der Waals surface area contributed by atoms with Gasteiger partial charge in [-0.1, -0.05) is 5.16 Å². The lowest BCUT2D eigenvalue weighted by Gasteiger charge is -2.41. The molecule has 2 aliphatic rings. The fourth-order valence-electron chi connectivity index (χ4n) is 3.18. The van der Waals surface area contributed by atoms with Gasteiger partial charge in [0.1, 0.15) is 6.61 Å². The van der Waals surface area contributed by atoms with Crippen LogP contribution in [0.25, 0.3) is 0 Å². The summed E-state index contributed by atoms with van der Waals surface area (Å²) < 4.78 is 16.1. The molecule has 2 aliphatic heterocycles. The maximum absolute atomic E-state index is 12.1. The summed E-state index contributed by atoms with van der Waals surface area (Å²) >= 11 is 0. The van der Waals surface area contributed by atoms with Gasteiger partial charge >= 0.3 is 0 Å². The quantitative estimate of drug-likeness (QED) is 0.792. The number of piperidine rings is 1. The van der Waals surface area contributed by atoms with Gasteiger partial charge in [-0.15, -0.1) is 0 Å². The molecule has 110 valence electrons. The molecular weight excluding hydrogens is 262 g/mol. The number of nitrogens with zero attached hydrogens (tertiary/aromatic N) is 3. The van der Waals surface area contributed by atoms with Crippen LogP contribution in [0.1, 0.15) is 24.6 Å². The Bertz CT molecular complexity index is 504. The fourth-order valence-corrected chi connectivity index (χ4v) is 3.18. The van der Waals surface area contributed by atoms with Crippen molar-refractivity contribution in [2.45, 2.75) is 31.3 Å². The van der Waals surface area contributed by atoms with Crippen molar-refractivity contribution >= 4 is 5.91 Å². The first-order valence-corrected chi connectivity index (χ1v) is 6.85. The molecule has 3 heterocycles. The summed E-state index contributed by atoms with van der Waals surface area (Å²) in [6.07, 6.45) is 1.64. The molecular formula is C13H19N3O4. The summed E-state index contributed by atoms with van der Waals surface area (Å²) in [4.78, 5) is 18.3. The monoisotopic (exact) mass is 281 g/mol. The fraction of sp³-hybridized carbons (Fsp3) is 0.769. The van der Waals surface area contributed by atoms with Crippen LogP contribution in [0.4, 0.5) is 0 Å². The van der Waals surface area contributed by atoms with Crippen LogP contribution in [-0.2, 0) is 19.7 Å². The Morgan fingerprint density at radius 1 is 1.60 bits per heavy atom. The third kappa shape index (κ3) is 2.10. The van der Waals surface area contributed by atoms with E-state index < -0.39 is 0 Å². The van der Waals surface area contributed by atoms with Crippen molar-refractivity contribution in [1.29, 1.82) is 0 Å². The van der Waals surface area contributed by atoms with Crippen molar-refractivity contribution < 1.29 is 18.8 Å². The highest BCUT2D eigenvalue weighted by Gasteiger charge is 2.53. The van der Waals surface area contributed by atoms with Gasteiger partial charge in [0.2, 0.25) is 11.8 Å². The van der Waals surface area contributed by atoms with Crippen LogP contribution in [0, 0.1) is 6.92 Å². The summed E-state index contributed by atoms with van der Waals surface area (Å²) in [6, 6.07) is 0. The Kier molecular flexibility index (Phi) is 3.47. The van der Waals surface area contributed by atoms with E-state index in [4.69, 9.17) is 14.0 Å². The highest BCUT2D eigenvalue weighted by atomic mass is 16.5. The molecule has 0 saturated carbocycles. The lowest BCUT2D eigenvalue weighted by atomic mass is 9.76. The predicted octanol–water partition coefficient (Wildman–Crippen LogP) is 0.283. The Balaban J connectivity index is 1.87. The number of fused-ring (bicyclic) bond motifs is 1. The molecule has 0 N–H and O–H groups in total. The second-order valence-electron chi connectivity index (χ2n) is 5.45. The van der Waals surface area contributed by atoms with Crippen molar-refractivity contribution in [3.8, 4) is 0 Å². The van der Waals surface area contributed by atoms with Crippen LogP contribution < -0.4 is 0 Å². The molecule has 2 saturated heterocycles. The van der Waals surface area contributed by atoms with E-state index in [0.29, 0.717) is 31.4 Å². The topological polar surface area (TPSA) is 77.7 Å². The molecule has 7 nitrogen and oxygen atoms in total. The van der Waals surface area contributed by atoms with Crippen LogP contribution in [0.3, 0.4) is 0 Å². The van der Waals surface area contributed by atoms with E-state index >= 15 is 0 Å². The van der Waals surface area contributed by atoms with Gasteiger partial charge in [-0.05, 0) is 19.8 Å². The highest BCUT2D eigenvalue weighted by molar-refractivity contribution is 5.77. The number of aromatic nitrogens is 2. The number of likely N-dealkylation sites (tertiary alicyclic amines) is 1. The first-order valence-electron chi connectivity index (χ1n) is 6.85.